The van der Waals surface area contributed by atoms with Crippen molar-refractivity contribution in [3.63, 3.8) is 0 Å². The van der Waals surface area contributed by atoms with Crippen LogP contribution in [0.4, 0.5) is 0 Å². The molecule has 0 bridgehead atoms. The highest BCUT2D eigenvalue weighted by Gasteiger charge is 2.21. The Balaban J connectivity index is 2.27. The van der Waals surface area contributed by atoms with Gasteiger partial charge in [-0.3, -0.25) is 10.6 Å². The molecule has 0 amide bonds. The van der Waals surface area contributed by atoms with Crippen molar-refractivity contribution < 1.29 is 38.5 Å². The number of benzene rings is 2. The second-order valence-electron chi connectivity index (χ2n) is 5.38. The van der Waals surface area contributed by atoms with Crippen molar-refractivity contribution in [2.75, 3.05) is 35.5 Å². The number of hydrogen-bond acceptors (Lipinski definition) is 7. The molecule has 0 aliphatic heterocycles. The SMILES string of the molecule is COc1ccc(C(N)=[NH+]OC(=O)c2cc(OC)c(OC)cc2OC)cc1OC. The van der Waals surface area contributed by atoms with E-state index in [0.29, 0.717) is 28.6 Å². The first kappa shape index (κ1) is 20.7. The first-order valence-corrected chi connectivity index (χ1v) is 8.11. The Morgan fingerprint density at radius 3 is 1.86 bits per heavy atom. The molecule has 0 unspecified atom stereocenters. The summed E-state index contributed by atoms with van der Waals surface area (Å²) in [6.45, 7) is 0. The standard InChI is InChI=1S/C19H22N2O7/c1-23-13-7-6-11(8-15(13)25-3)18(20)21-28-19(22)12-9-16(26-4)17(27-5)10-14(12)24-2/h6-10H,1-5H3,(H2,20,21)/p+1. The summed E-state index contributed by atoms with van der Waals surface area (Å²) < 4.78 is 26.0. The van der Waals surface area contributed by atoms with Crippen LogP contribution in [0.2, 0.25) is 0 Å². The summed E-state index contributed by atoms with van der Waals surface area (Å²) in [5.74, 6) is 1.44. The molecule has 9 heteroatoms. The predicted octanol–water partition coefficient (Wildman–Crippen LogP) is 0.288. The van der Waals surface area contributed by atoms with E-state index in [9.17, 15) is 4.79 Å². The summed E-state index contributed by atoms with van der Waals surface area (Å²) in [7, 11) is 7.40. The maximum absolute atomic E-state index is 12.5. The van der Waals surface area contributed by atoms with Crippen molar-refractivity contribution in [3.05, 3.63) is 41.5 Å². The fraction of sp³-hybridized carbons (Fsp3) is 0.263. The number of carbonyl (C=O) groups is 1. The van der Waals surface area contributed by atoms with Crippen LogP contribution in [-0.2, 0) is 4.84 Å². The van der Waals surface area contributed by atoms with Crippen molar-refractivity contribution in [2.45, 2.75) is 0 Å². The van der Waals surface area contributed by atoms with Gasteiger partial charge in [0.25, 0.3) is 0 Å². The number of rotatable bonds is 8. The molecule has 0 saturated carbocycles. The minimum atomic E-state index is -0.721. The van der Waals surface area contributed by atoms with Gasteiger partial charge >= 0.3 is 11.8 Å². The quantitative estimate of drug-likeness (QED) is 0.286. The zero-order valence-corrected chi connectivity index (χ0v) is 16.3. The number of nitrogen functional groups attached to an aromatic ring is 1. The monoisotopic (exact) mass is 391 g/mol. The Bertz CT molecular complexity index is 881. The van der Waals surface area contributed by atoms with Gasteiger partial charge in [0.15, 0.2) is 23.0 Å². The highest BCUT2D eigenvalue weighted by atomic mass is 16.7. The molecule has 2 aromatic carbocycles. The number of ether oxygens (including phenoxy) is 5. The highest BCUT2D eigenvalue weighted by molar-refractivity contribution is 5.95. The van der Waals surface area contributed by atoms with Crippen molar-refractivity contribution in [3.8, 4) is 28.7 Å². The molecule has 28 heavy (non-hydrogen) atoms. The first-order chi connectivity index (χ1) is 13.5. The third-order valence-corrected chi connectivity index (χ3v) is 3.87. The molecular formula is C19H23N2O7+. The Morgan fingerprint density at radius 1 is 0.750 bits per heavy atom. The summed E-state index contributed by atoms with van der Waals surface area (Å²) in [4.78, 5) is 17.6. The molecule has 0 aromatic heterocycles. The summed E-state index contributed by atoms with van der Waals surface area (Å²) in [5, 5.41) is 2.42. The highest BCUT2D eigenvalue weighted by Crippen LogP contribution is 2.34. The Morgan fingerprint density at radius 2 is 1.29 bits per heavy atom. The van der Waals surface area contributed by atoms with Crippen LogP contribution in [-0.4, -0.2) is 47.4 Å². The minimum absolute atomic E-state index is 0.105. The molecular weight excluding hydrogens is 368 g/mol. The number of hydrogen-bond donors (Lipinski definition) is 2. The van der Waals surface area contributed by atoms with Crippen LogP contribution < -0.4 is 34.6 Å². The van der Waals surface area contributed by atoms with E-state index < -0.39 is 5.97 Å². The van der Waals surface area contributed by atoms with Crippen LogP contribution in [0.1, 0.15) is 15.9 Å². The third kappa shape index (κ3) is 4.37. The lowest BCUT2D eigenvalue weighted by molar-refractivity contribution is -0.721. The van der Waals surface area contributed by atoms with Crippen LogP contribution in [0, 0.1) is 0 Å². The van der Waals surface area contributed by atoms with Gasteiger partial charge in [-0.25, -0.2) is 4.79 Å². The molecule has 0 aliphatic rings. The number of carbonyl (C=O) groups excluding carboxylic acids is 1. The maximum atomic E-state index is 12.5. The minimum Gasteiger partial charge on any atom is -0.496 e. The maximum Gasteiger partial charge on any atom is 0.391 e. The van der Waals surface area contributed by atoms with Gasteiger partial charge in [0.1, 0.15) is 11.3 Å². The van der Waals surface area contributed by atoms with Crippen molar-refractivity contribution >= 4 is 11.8 Å². The fourth-order valence-electron chi connectivity index (χ4n) is 2.41. The molecule has 150 valence electrons. The lowest BCUT2D eigenvalue weighted by Crippen LogP contribution is -2.75. The lowest BCUT2D eigenvalue weighted by atomic mass is 10.1. The molecule has 2 aromatic rings. The number of nitrogens with one attached hydrogen (secondary N) is 1. The molecule has 3 N–H and O–H groups in total. The second kappa shape index (κ2) is 9.36. The van der Waals surface area contributed by atoms with Crippen LogP contribution in [0.3, 0.4) is 0 Å². The molecule has 0 fully saturated rings. The van der Waals surface area contributed by atoms with E-state index in [4.69, 9.17) is 34.3 Å². The molecule has 9 nitrogen and oxygen atoms in total. The van der Waals surface area contributed by atoms with E-state index in [0.717, 1.165) is 0 Å². The lowest BCUT2D eigenvalue weighted by Gasteiger charge is -2.12. The molecule has 0 spiro atoms. The van der Waals surface area contributed by atoms with E-state index in [1.54, 1.807) is 18.2 Å². The van der Waals surface area contributed by atoms with E-state index in [-0.39, 0.29) is 17.1 Å². The second-order valence-corrected chi connectivity index (χ2v) is 5.38. The van der Waals surface area contributed by atoms with Crippen LogP contribution >= 0.6 is 0 Å². The number of amidine groups is 1. The number of nitrogens with two attached hydrogens (primary N) is 1. The van der Waals surface area contributed by atoms with Gasteiger partial charge in [0.05, 0.1) is 41.1 Å². The van der Waals surface area contributed by atoms with Gasteiger partial charge < -0.3 is 23.7 Å². The Hall–Kier alpha value is -3.62. The van der Waals surface area contributed by atoms with Gasteiger partial charge in [-0.15, -0.1) is 0 Å². The zero-order chi connectivity index (χ0) is 20.7. The Labute approximate surface area is 162 Å². The van der Waals surface area contributed by atoms with Crippen molar-refractivity contribution in [1.29, 1.82) is 0 Å². The van der Waals surface area contributed by atoms with Gasteiger partial charge in [-0.1, -0.05) is 5.16 Å². The summed E-state index contributed by atoms with van der Waals surface area (Å²) in [6, 6.07) is 7.99. The predicted molar refractivity (Wildman–Crippen MR) is 100 cm³/mol. The summed E-state index contributed by atoms with van der Waals surface area (Å²) in [5.41, 5.74) is 6.64. The average Bonchev–Trinajstić information content (AvgIpc) is 2.75. The van der Waals surface area contributed by atoms with Gasteiger partial charge in [0, 0.05) is 12.1 Å². The van der Waals surface area contributed by atoms with Crippen molar-refractivity contribution in [1.82, 2.24) is 0 Å². The van der Waals surface area contributed by atoms with E-state index in [2.05, 4.69) is 5.16 Å². The summed E-state index contributed by atoms with van der Waals surface area (Å²) in [6.07, 6.45) is 0. The van der Waals surface area contributed by atoms with Gasteiger partial charge in [-0.05, 0) is 18.2 Å². The molecule has 0 aliphatic carbocycles. The number of methoxy groups -OCH3 is 5. The fourth-order valence-corrected chi connectivity index (χ4v) is 2.41. The van der Waals surface area contributed by atoms with Gasteiger partial charge in [-0.2, -0.15) is 0 Å². The van der Waals surface area contributed by atoms with Gasteiger partial charge in [0.2, 0.25) is 0 Å². The molecule has 0 saturated heterocycles. The first-order valence-electron chi connectivity index (χ1n) is 8.11. The molecule has 0 heterocycles. The van der Waals surface area contributed by atoms with Crippen LogP contribution in [0.5, 0.6) is 28.7 Å². The normalized spacial score (nSPS) is 10.8. The zero-order valence-electron chi connectivity index (χ0n) is 16.3. The van der Waals surface area contributed by atoms with E-state index in [1.165, 1.54) is 47.7 Å². The molecule has 0 radical (unpaired) electrons. The third-order valence-electron chi connectivity index (χ3n) is 3.87. The largest absolute Gasteiger partial charge is 0.496 e. The smallest absolute Gasteiger partial charge is 0.391 e. The van der Waals surface area contributed by atoms with Crippen LogP contribution in [0.25, 0.3) is 0 Å². The summed E-state index contributed by atoms with van der Waals surface area (Å²) >= 11 is 0. The average molecular weight is 391 g/mol. The van der Waals surface area contributed by atoms with Crippen molar-refractivity contribution in [2.24, 2.45) is 5.73 Å². The topological polar surface area (TPSA) is 112 Å². The van der Waals surface area contributed by atoms with Crippen LogP contribution in [0.15, 0.2) is 30.3 Å². The molecule has 2 rings (SSSR count). The van der Waals surface area contributed by atoms with E-state index >= 15 is 0 Å². The van der Waals surface area contributed by atoms with E-state index in [1.807, 2.05) is 0 Å². The Kier molecular flexibility index (Phi) is 6.91. The molecule has 0 atom stereocenters.